The van der Waals surface area contributed by atoms with E-state index in [-0.39, 0.29) is 16.5 Å². The Morgan fingerprint density at radius 3 is 0.564 bits per heavy atom. The molecule has 0 N–H and O–H groups in total. The van der Waals surface area contributed by atoms with Gasteiger partial charge in [-0.25, -0.2) is 0 Å². The molecule has 0 aromatic heterocycles. The van der Waals surface area contributed by atoms with Gasteiger partial charge in [0.1, 0.15) is 0 Å². The van der Waals surface area contributed by atoms with Gasteiger partial charge in [-0.15, -0.1) is 0 Å². The van der Waals surface area contributed by atoms with E-state index >= 15 is 0 Å². The quantitative estimate of drug-likeness (QED) is 0.0938. The molecule has 0 amide bonds. The summed E-state index contributed by atoms with van der Waals surface area (Å²) in [7, 11) is -1.20. The first-order valence-electron chi connectivity index (χ1n) is 10.3. The Bertz CT molecular complexity index is 761. The second-order valence-electron chi connectivity index (χ2n) is 5.81. The van der Waals surface area contributed by atoms with Gasteiger partial charge in [-0.05, 0) is 0 Å². The van der Waals surface area contributed by atoms with E-state index in [1.54, 1.807) is 0 Å². The van der Waals surface area contributed by atoms with Crippen molar-refractivity contribution in [2.75, 3.05) is 37.0 Å². The van der Waals surface area contributed by atoms with E-state index in [2.05, 4.69) is 85.3 Å². The van der Waals surface area contributed by atoms with Crippen LogP contribution in [0.15, 0.2) is 0 Å². The maximum Gasteiger partial charge on any atom is 2.00 e. The minimum atomic E-state index is -0.600. The van der Waals surface area contributed by atoms with Gasteiger partial charge in [0.05, 0.1) is 112 Å². The fourth-order valence-corrected chi connectivity index (χ4v) is 6.44. The Morgan fingerprint density at radius 1 is 0.385 bits per heavy atom. The van der Waals surface area contributed by atoms with E-state index in [1.807, 2.05) is 0 Å². The number of thiocarbonyl (C=S) groups is 4. The Balaban J connectivity index is -0.0000000733. The molecule has 17 heteroatoms. The number of nitriles is 6. The molecule has 0 atom stereocenters. The van der Waals surface area contributed by atoms with Gasteiger partial charge < -0.3 is 21.6 Å². The van der Waals surface area contributed by atoms with E-state index in [0.29, 0.717) is 38.5 Å². The van der Waals surface area contributed by atoms with Crippen LogP contribution in [0.4, 0.5) is 0 Å². The normalized spacial score (nSPS) is 6.67. The first-order valence-corrected chi connectivity index (χ1v) is 16.2. The summed E-state index contributed by atoms with van der Waals surface area (Å²) in [5.74, 6) is 0. The van der Waals surface area contributed by atoms with Gasteiger partial charge in [0.15, 0.2) is 0 Å². The van der Waals surface area contributed by atoms with Gasteiger partial charge in [-0.3, -0.25) is 0 Å². The van der Waals surface area contributed by atoms with Crippen LogP contribution in [0, 0.1) is 68.0 Å². The monoisotopic (exact) mass is 678 g/mol. The molecular weight excluding hydrogens is 653 g/mol. The van der Waals surface area contributed by atoms with Crippen LogP contribution in [-0.4, -0.2) is 57.6 Å². The van der Waals surface area contributed by atoms with Gasteiger partial charge >= 0.3 is 16.5 Å². The standard InChI is InChI=1S/2C9H12N3P.4CNS.Ni/c2*10-4-1-7-13(8-2-5-11)9-3-6-12;4*2-1-3;/h2*1-3,7-9H2;;;;;/q;;4*-1;+2/p+2. The zero-order valence-corrected chi connectivity index (χ0v) is 27.2. The summed E-state index contributed by atoms with van der Waals surface area (Å²) in [5, 5.41) is 84.3. The van der Waals surface area contributed by atoms with E-state index in [1.165, 1.54) is 20.6 Å². The molecule has 0 bridgehead atoms. The van der Waals surface area contributed by atoms with Crippen molar-refractivity contribution in [2.24, 2.45) is 0 Å². The van der Waals surface area contributed by atoms with Crippen molar-refractivity contribution >= 4 is 85.4 Å². The van der Waals surface area contributed by atoms with Crippen molar-refractivity contribution in [1.29, 1.82) is 31.6 Å². The molecular formula is C22H26N10NiP2S4. The van der Waals surface area contributed by atoms with Crippen LogP contribution in [0.25, 0.3) is 21.6 Å². The topological polar surface area (TPSA) is 232 Å². The molecule has 0 fully saturated rings. The molecule has 0 spiro atoms. The van der Waals surface area contributed by atoms with Crippen molar-refractivity contribution in [3.8, 4) is 36.4 Å². The average Bonchev–Trinajstić information content (AvgIpc) is 2.90. The Morgan fingerprint density at radius 2 is 0.487 bits per heavy atom. The van der Waals surface area contributed by atoms with E-state index in [0.717, 1.165) is 37.0 Å². The predicted molar refractivity (Wildman–Crippen MR) is 171 cm³/mol. The van der Waals surface area contributed by atoms with Gasteiger partial charge in [0.2, 0.25) is 0 Å². The average molecular weight is 679 g/mol. The summed E-state index contributed by atoms with van der Waals surface area (Å²) >= 11 is 14.8. The van der Waals surface area contributed by atoms with Crippen molar-refractivity contribution < 1.29 is 16.5 Å². The smallest absolute Gasteiger partial charge is 0.753 e. The fourth-order valence-electron chi connectivity index (χ4n) is 2.15. The number of hydrogen-bond acceptors (Lipinski definition) is 10. The van der Waals surface area contributed by atoms with Crippen molar-refractivity contribution in [1.82, 2.24) is 0 Å². The molecule has 0 aliphatic carbocycles. The van der Waals surface area contributed by atoms with Crippen LogP contribution in [0.2, 0.25) is 0 Å². The van der Waals surface area contributed by atoms with E-state index in [4.69, 9.17) is 53.2 Å². The van der Waals surface area contributed by atoms with Crippen LogP contribution < -0.4 is 0 Å². The summed E-state index contributed by atoms with van der Waals surface area (Å²) < 4.78 is 0. The number of rotatable bonds is 12. The molecule has 0 rings (SSSR count). The molecule has 10 nitrogen and oxygen atoms in total. The SMILES string of the molecule is N#CCC[PH+](CCC#N)CCC#N.N#CCC[PH+](CCC#N)CCC#N.[N-]=C=S.[N-]=C=S.[N-]=C=S.[N-]=C=S.[Ni+2]. The molecule has 0 aromatic rings. The zero-order valence-electron chi connectivity index (χ0n) is 20.9. The molecule has 0 aromatic carbocycles. The van der Waals surface area contributed by atoms with Crippen LogP contribution in [0.3, 0.4) is 0 Å². The van der Waals surface area contributed by atoms with Crippen molar-refractivity contribution in [2.45, 2.75) is 38.5 Å². The molecule has 0 heterocycles. The summed E-state index contributed by atoms with van der Waals surface area (Å²) in [6.07, 6.45) is 8.97. The maximum atomic E-state index is 8.40. The van der Waals surface area contributed by atoms with E-state index < -0.39 is 15.8 Å². The fraction of sp³-hybridized carbons (Fsp3) is 0.545. The maximum absolute atomic E-state index is 8.40. The second kappa shape index (κ2) is 65.0. The van der Waals surface area contributed by atoms with Crippen molar-refractivity contribution in [3.63, 3.8) is 0 Å². The first kappa shape index (κ1) is 52.9. The predicted octanol–water partition coefficient (Wildman–Crippen LogP) is 6.52. The van der Waals surface area contributed by atoms with Crippen LogP contribution in [0.1, 0.15) is 38.5 Å². The third kappa shape index (κ3) is 86.2. The second-order valence-corrected chi connectivity index (χ2v) is 12.5. The van der Waals surface area contributed by atoms with Gasteiger partial charge in [-0.2, -0.15) is 52.2 Å². The molecule has 0 aliphatic rings. The van der Waals surface area contributed by atoms with Crippen LogP contribution in [-0.2, 0) is 16.5 Å². The van der Waals surface area contributed by atoms with E-state index in [9.17, 15) is 0 Å². The number of hydrogen-bond donors (Lipinski definition) is 0. The molecule has 0 saturated carbocycles. The summed E-state index contributed by atoms with van der Waals surface area (Å²) in [6.45, 7) is 0. The third-order valence-electron chi connectivity index (χ3n) is 3.54. The van der Waals surface area contributed by atoms with Gasteiger partial charge in [-0.1, -0.05) is 48.9 Å². The molecule has 0 unspecified atom stereocenters. The molecule has 39 heavy (non-hydrogen) atoms. The first-order chi connectivity index (χ1) is 18.3. The minimum Gasteiger partial charge on any atom is -0.753 e. The van der Waals surface area contributed by atoms with Crippen LogP contribution in [0.5, 0.6) is 0 Å². The summed E-state index contributed by atoms with van der Waals surface area (Å²) in [6, 6.07) is 12.7. The largest absolute Gasteiger partial charge is 2.00 e. The Labute approximate surface area is 265 Å². The molecule has 0 radical (unpaired) electrons. The molecule has 0 saturated heterocycles. The number of nitrogens with zero attached hydrogens (tertiary/aromatic N) is 10. The van der Waals surface area contributed by atoms with Crippen LogP contribution >= 0.6 is 64.7 Å². The van der Waals surface area contributed by atoms with Gasteiger partial charge in [0.25, 0.3) is 0 Å². The third-order valence-corrected chi connectivity index (χ3v) is 9.28. The summed E-state index contributed by atoms with van der Waals surface area (Å²) in [5.41, 5.74) is 0. The Kier molecular flexibility index (Phi) is 88.1. The molecule has 0 aliphatic heterocycles. The van der Waals surface area contributed by atoms with Crippen molar-refractivity contribution in [3.05, 3.63) is 21.6 Å². The number of isothiocyanates is 4. The zero-order chi connectivity index (χ0) is 30.7. The van der Waals surface area contributed by atoms with Gasteiger partial charge in [0, 0.05) is 15.8 Å². The Hall–Kier alpha value is -2.51. The minimum absolute atomic E-state index is 0. The molecule has 208 valence electrons. The summed E-state index contributed by atoms with van der Waals surface area (Å²) in [4.78, 5) is 0.